The summed E-state index contributed by atoms with van der Waals surface area (Å²) in [7, 11) is 0. The van der Waals surface area contributed by atoms with Crippen LogP contribution in [-0.2, 0) is 23.9 Å². The maximum Gasteiger partial charge on any atom is 0.328 e. The third-order valence-corrected chi connectivity index (χ3v) is 9.35. The molecule has 0 aliphatic carbocycles. The molecule has 0 aromatic rings. The van der Waals surface area contributed by atoms with Crippen molar-refractivity contribution in [1.82, 2.24) is 10.6 Å². The summed E-state index contributed by atoms with van der Waals surface area (Å²) < 4.78 is 5.82. The summed E-state index contributed by atoms with van der Waals surface area (Å²) in [5.41, 5.74) is 0. The van der Waals surface area contributed by atoms with E-state index in [2.05, 4.69) is 24.5 Å². The Bertz CT molecular complexity index is 807. The van der Waals surface area contributed by atoms with Gasteiger partial charge in [-0.15, -0.1) is 0 Å². The van der Waals surface area contributed by atoms with Crippen LogP contribution < -0.4 is 10.6 Å². The number of rotatable bonds is 37. The minimum absolute atomic E-state index is 0.0754. The van der Waals surface area contributed by atoms with Gasteiger partial charge in [0, 0.05) is 12.8 Å². The van der Waals surface area contributed by atoms with E-state index in [-0.39, 0.29) is 30.9 Å². The molecule has 0 heterocycles. The quantitative estimate of drug-likeness (QED) is 0.0375. The van der Waals surface area contributed by atoms with Crippen molar-refractivity contribution < 1.29 is 34.1 Å². The monoisotopic (exact) mass is 697 g/mol. The van der Waals surface area contributed by atoms with E-state index in [0.717, 1.165) is 51.4 Å². The summed E-state index contributed by atoms with van der Waals surface area (Å²) in [6.45, 7) is 3.35. The van der Waals surface area contributed by atoms with E-state index in [4.69, 9.17) is 14.9 Å². The molecule has 9 nitrogen and oxygen atoms in total. The van der Waals surface area contributed by atoms with Gasteiger partial charge in [-0.2, -0.15) is 0 Å². The van der Waals surface area contributed by atoms with E-state index in [0.29, 0.717) is 12.8 Å². The molecule has 4 N–H and O–H groups in total. The number of hydrogen-bond acceptors (Lipinski definition) is 6. The summed E-state index contributed by atoms with van der Waals surface area (Å²) in [6, 6.07) is -1.39. The maximum atomic E-state index is 12.5. The van der Waals surface area contributed by atoms with Crippen molar-refractivity contribution in [3.8, 4) is 0 Å². The number of carbonyl (C=O) groups excluding carboxylic acids is 3. The molecule has 2 atom stereocenters. The number of esters is 1. The van der Waals surface area contributed by atoms with Gasteiger partial charge >= 0.3 is 11.9 Å². The second kappa shape index (κ2) is 35.7. The molecule has 2 unspecified atom stereocenters. The highest BCUT2D eigenvalue weighted by Gasteiger charge is 2.19. The van der Waals surface area contributed by atoms with Gasteiger partial charge in [0.2, 0.25) is 11.8 Å². The van der Waals surface area contributed by atoms with Gasteiger partial charge in [-0.3, -0.25) is 14.4 Å². The van der Waals surface area contributed by atoms with Crippen LogP contribution in [0.25, 0.3) is 0 Å². The normalized spacial score (nSPS) is 12.4. The first-order chi connectivity index (χ1) is 23.8. The Kier molecular flexibility index (Phi) is 34.1. The number of hydrogen-bond donors (Lipinski definition) is 4. The van der Waals surface area contributed by atoms with Gasteiger partial charge in [-0.05, 0) is 32.1 Å². The summed E-state index contributed by atoms with van der Waals surface area (Å²) in [6.07, 6.45) is 34.9. The van der Waals surface area contributed by atoms with Gasteiger partial charge in [0.05, 0.1) is 13.2 Å². The maximum absolute atomic E-state index is 12.5. The van der Waals surface area contributed by atoms with E-state index in [9.17, 15) is 19.2 Å². The van der Waals surface area contributed by atoms with Crippen LogP contribution in [-0.4, -0.2) is 59.3 Å². The first kappa shape index (κ1) is 46.8. The van der Waals surface area contributed by atoms with Gasteiger partial charge in [0.15, 0.2) is 0 Å². The third kappa shape index (κ3) is 32.8. The Morgan fingerprint density at radius 1 is 0.531 bits per heavy atom. The molecule has 0 saturated carbocycles. The smallest absolute Gasteiger partial charge is 0.328 e. The zero-order valence-corrected chi connectivity index (χ0v) is 31.7. The molecule has 2 amide bonds. The predicted molar refractivity (Wildman–Crippen MR) is 199 cm³/mol. The molecule has 0 fully saturated rings. The van der Waals surface area contributed by atoms with Crippen molar-refractivity contribution in [3.63, 3.8) is 0 Å². The number of aliphatic hydroxyl groups excluding tert-OH is 1. The van der Waals surface area contributed by atoms with Crippen LogP contribution in [0.1, 0.15) is 206 Å². The fourth-order valence-corrected chi connectivity index (χ4v) is 6.17. The molecule has 0 aliphatic rings. The number of aliphatic hydroxyl groups is 1. The topological polar surface area (TPSA) is 142 Å². The van der Waals surface area contributed by atoms with E-state index in [1.807, 2.05) is 0 Å². The molecule has 0 bridgehead atoms. The molecule has 0 aliphatic heterocycles. The number of ether oxygens (including phenoxy) is 1. The minimum atomic E-state index is -1.39. The van der Waals surface area contributed by atoms with E-state index in [1.54, 1.807) is 0 Å². The highest BCUT2D eigenvalue weighted by Crippen LogP contribution is 2.18. The Morgan fingerprint density at radius 2 is 0.939 bits per heavy atom. The Hall–Kier alpha value is -2.16. The second-order valence-electron chi connectivity index (χ2n) is 14.1. The molecule has 0 aromatic carbocycles. The lowest BCUT2D eigenvalue weighted by Gasteiger charge is -2.18. The molecule has 0 radical (unpaired) electrons. The number of carboxylic acid groups (broad SMARTS) is 1. The average Bonchev–Trinajstić information content (AvgIpc) is 3.08. The third-order valence-electron chi connectivity index (χ3n) is 9.35. The van der Waals surface area contributed by atoms with Crippen LogP contribution in [0, 0.1) is 0 Å². The molecule has 288 valence electrons. The number of amides is 2. The van der Waals surface area contributed by atoms with Gasteiger partial charge in [-0.1, -0.05) is 162 Å². The van der Waals surface area contributed by atoms with E-state index < -0.39 is 24.5 Å². The van der Waals surface area contributed by atoms with Crippen LogP contribution >= 0.6 is 0 Å². The van der Waals surface area contributed by atoms with Crippen molar-refractivity contribution in [2.75, 3.05) is 13.2 Å². The zero-order valence-electron chi connectivity index (χ0n) is 31.7. The summed E-state index contributed by atoms with van der Waals surface area (Å²) in [5.74, 6) is -2.38. The minimum Gasteiger partial charge on any atom is -0.480 e. The van der Waals surface area contributed by atoms with Crippen molar-refractivity contribution in [2.24, 2.45) is 0 Å². The molecule has 49 heavy (non-hydrogen) atoms. The highest BCUT2D eigenvalue weighted by molar-refractivity contribution is 5.87. The number of carboxylic acids is 1. The van der Waals surface area contributed by atoms with Crippen molar-refractivity contribution in [3.05, 3.63) is 0 Å². The van der Waals surface area contributed by atoms with Crippen LogP contribution in [0.2, 0.25) is 0 Å². The first-order valence-electron chi connectivity index (χ1n) is 20.4. The molecule has 0 saturated heterocycles. The van der Waals surface area contributed by atoms with Gasteiger partial charge < -0.3 is 25.6 Å². The number of unbranched alkanes of at least 4 members (excludes halogenated alkanes) is 23. The van der Waals surface area contributed by atoms with Gasteiger partial charge in [0.1, 0.15) is 12.1 Å². The van der Waals surface area contributed by atoms with Crippen LogP contribution in [0.4, 0.5) is 0 Å². The summed E-state index contributed by atoms with van der Waals surface area (Å²) in [5, 5.41) is 22.4. The largest absolute Gasteiger partial charge is 0.480 e. The van der Waals surface area contributed by atoms with Gasteiger partial charge in [-0.25, -0.2) is 4.79 Å². The van der Waals surface area contributed by atoms with Crippen molar-refractivity contribution >= 4 is 23.8 Å². The van der Waals surface area contributed by atoms with Crippen LogP contribution in [0.3, 0.4) is 0 Å². The van der Waals surface area contributed by atoms with Crippen LogP contribution in [0.5, 0.6) is 0 Å². The highest BCUT2D eigenvalue weighted by atomic mass is 16.5. The van der Waals surface area contributed by atoms with Gasteiger partial charge in [0.25, 0.3) is 0 Å². The summed E-state index contributed by atoms with van der Waals surface area (Å²) in [4.78, 5) is 47.1. The molecule has 0 spiro atoms. The Balaban J connectivity index is 3.73. The fourth-order valence-electron chi connectivity index (χ4n) is 6.17. The van der Waals surface area contributed by atoms with E-state index in [1.165, 1.54) is 122 Å². The SMILES string of the molecule is CCCCCCCCCCCCCCCCCCCCCCCC(=O)OC(CCCC)CCCCCC(=O)NCC(=O)NC(CO)C(=O)O. The number of nitrogens with one attached hydrogen (secondary N) is 2. The molecule has 9 heteroatoms. The Labute approximate surface area is 299 Å². The molecule has 0 aromatic heterocycles. The molecular weight excluding hydrogens is 620 g/mol. The first-order valence-corrected chi connectivity index (χ1v) is 20.4. The fraction of sp³-hybridized carbons (Fsp3) is 0.900. The van der Waals surface area contributed by atoms with Crippen molar-refractivity contribution in [1.29, 1.82) is 0 Å². The number of aliphatic carboxylic acids is 1. The summed E-state index contributed by atoms with van der Waals surface area (Å²) >= 11 is 0. The van der Waals surface area contributed by atoms with E-state index >= 15 is 0 Å². The Morgan fingerprint density at radius 3 is 1.39 bits per heavy atom. The van der Waals surface area contributed by atoms with Crippen LogP contribution in [0.15, 0.2) is 0 Å². The molecule has 0 rings (SSSR count). The lowest BCUT2D eigenvalue weighted by Crippen LogP contribution is -2.47. The lowest BCUT2D eigenvalue weighted by molar-refractivity contribution is -0.150. The molecular formula is C40H76N2O7. The van der Waals surface area contributed by atoms with Crippen molar-refractivity contribution in [2.45, 2.75) is 219 Å². The number of carbonyl (C=O) groups is 4. The lowest BCUT2D eigenvalue weighted by atomic mass is 10.0. The predicted octanol–water partition coefficient (Wildman–Crippen LogP) is 9.32. The second-order valence-corrected chi connectivity index (χ2v) is 14.1. The zero-order chi connectivity index (χ0) is 36.2. The average molecular weight is 697 g/mol. The standard InChI is InChI=1S/C40H76N2O7/c1-3-5-7-8-9-10-11-12-13-14-15-16-17-18-19-20-21-22-23-24-28-32-39(46)49-35(29-6-4-2)30-26-25-27-31-37(44)41-33-38(45)42-36(34-43)40(47)48/h35-36,43H,3-34H2,1-2H3,(H,41,44)(H,42,45)(H,47,48).